The summed E-state index contributed by atoms with van der Waals surface area (Å²) in [6.07, 6.45) is 3.74. The Bertz CT molecular complexity index is 782. The lowest BCUT2D eigenvalue weighted by molar-refractivity contribution is -0.116. The maximum atomic E-state index is 12.5. The summed E-state index contributed by atoms with van der Waals surface area (Å²) in [5.74, 6) is 0.696. The van der Waals surface area contributed by atoms with E-state index in [9.17, 15) is 13.2 Å². The average Bonchev–Trinajstić information content (AvgIpc) is 2.53. The van der Waals surface area contributed by atoms with Crippen molar-refractivity contribution in [1.82, 2.24) is 9.97 Å². The van der Waals surface area contributed by atoms with Gasteiger partial charge in [-0.25, -0.2) is 18.4 Å². The number of sulfone groups is 1. The van der Waals surface area contributed by atoms with Crippen LogP contribution in [0.25, 0.3) is 0 Å². The first kappa shape index (κ1) is 17.1. The minimum absolute atomic E-state index is 0.0837. The van der Waals surface area contributed by atoms with Crippen LogP contribution in [0.5, 0.6) is 0 Å². The highest BCUT2D eigenvalue weighted by molar-refractivity contribution is 7.91. The Morgan fingerprint density at radius 3 is 2.22 bits per heavy atom. The molecule has 2 rings (SSSR count). The van der Waals surface area contributed by atoms with E-state index in [2.05, 4.69) is 9.97 Å². The standard InChI is InChI=1S/C16H19N3O3S/c1-12(20)4-5-13-6-8-14(9-7-13)23(21,22)16-11-17-15(10-18-16)19(2)3/h6-11H,4-5H2,1-3H3. The number of carbonyl (C=O) groups excluding carboxylic acids is 1. The molecule has 2 aromatic rings. The molecule has 7 heteroatoms. The second-order valence-electron chi connectivity index (χ2n) is 5.46. The molecule has 0 saturated heterocycles. The third-order valence-electron chi connectivity index (χ3n) is 3.35. The first-order valence-corrected chi connectivity index (χ1v) is 8.62. The van der Waals surface area contributed by atoms with Gasteiger partial charge < -0.3 is 9.69 Å². The highest BCUT2D eigenvalue weighted by atomic mass is 32.2. The Hall–Kier alpha value is -2.28. The molecular formula is C16H19N3O3S. The molecule has 0 fully saturated rings. The van der Waals surface area contributed by atoms with Crippen molar-refractivity contribution in [3.8, 4) is 0 Å². The van der Waals surface area contributed by atoms with Crippen LogP contribution in [0, 0.1) is 0 Å². The Morgan fingerprint density at radius 2 is 1.74 bits per heavy atom. The number of nitrogens with zero attached hydrogens (tertiary/aromatic N) is 3. The van der Waals surface area contributed by atoms with E-state index in [1.807, 2.05) is 0 Å². The number of rotatable bonds is 6. The predicted molar refractivity (Wildman–Crippen MR) is 87.3 cm³/mol. The number of hydrogen-bond acceptors (Lipinski definition) is 6. The number of ketones is 1. The predicted octanol–water partition coefficient (Wildman–Crippen LogP) is 1.90. The molecule has 6 nitrogen and oxygen atoms in total. The van der Waals surface area contributed by atoms with Crippen LogP contribution >= 0.6 is 0 Å². The topological polar surface area (TPSA) is 80.2 Å². The second kappa shape index (κ2) is 6.87. The van der Waals surface area contributed by atoms with E-state index in [0.717, 1.165) is 5.56 Å². The first-order valence-electron chi connectivity index (χ1n) is 7.13. The summed E-state index contributed by atoms with van der Waals surface area (Å²) in [7, 11) is -0.0815. The molecule has 0 saturated carbocycles. The van der Waals surface area contributed by atoms with Gasteiger partial charge in [-0.2, -0.15) is 0 Å². The lowest BCUT2D eigenvalue weighted by atomic mass is 10.1. The van der Waals surface area contributed by atoms with Gasteiger partial charge in [0.05, 0.1) is 17.3 Å². The summed E-state index contributed by atoms with van der Waals surface area (Å²) in [6.45, 7) is 1.54. The molecule has 1 aromatic heterocycles. The van der Waals surface area contributed by atoms with Crippen molar-refractivity contribution < 1.29 is 13.2 Å². The number of carbonyl (C=O) groups is 1. The number of anilines is 1. The average molecular weight is 333 g/mol. The highest BCUT2D eigenvalue weighted by Crippen LogP contribution is 2.20. The van der Waals surface area contributed by atoms with E-state index in [1.165, 1.54) is 31.5 Å². The van der Waals surface area contributed by atoms with Gasteiger partial charge in [0.25, 0.3) is 0 Å². The van der Waals surface area contributed by atoms with E-state index in [4.69, 9.17) is 0 Å². The fraction of sp³-hybridized carbons (Fsp3) is 0.312. The fourth-order valence-electron chi connectivity index (χ4n) is 1.96. The van der Waals surface area contributed by atoms with Crippen LogP contribution in [0.2, 0.25) is 0 Å². The lowest BCUT2D eigenvalue weighted by Gasteiger charge is -2.11. The molecule has 1 aromatic carbocycles. The summed E-state index contributed by atoms with van der Waals surface area (Å²) in [5.41, 5.74) is 0.924. The van der Waals surface area contributed by atoms with E-state index >= 15 is 0 Å². The van der Waals surface area contributed by atoms with Crippen molar-refractivity contribution in [2.75, 3.05) is 19.0 Å². The molecule has 23 heavy (non-hydrogen) atoms. The van der Waals surface area contributed by atoms with Crippen LogP contribution in [0.1, 0.15) is 18.9 Å². The maximum Gasteiger partial charge on any atom is 0.225 e. The molecule has 122 valence electrons. The zero-order valence-corrected chi connectivity index (χ0v) is 14.2. The molecule has 0 spiro atoms. The van der Waals surface area contributed by atoms with Gasteiger partial charge in [-0.15, -0.1) is 0 Å². The molecular weight excluding hydrogens is 314 g/mol. The number of Topliss-reactive ketones (excluding diaryl/α,β-unsaturated/α-hetero) is 1. The van der Waals surface area contributed by atoms with E-state index < -0.39 is 9.84 Å². The van der Waals surface area contributed by atoms with Crippen molar-refractivity contribution in [3.05, 3.63) is 42.2 Å². The van der Waals surface area contributed by atoms with Gasteiger partial charge in [0.2, 0.25) is 9.84 Å². The first-order chi connectivity index (χ1) is 10.8. The van der Waals surface area contributed by atoms with Crippen LogP contribution in [-0.4, -0.2) is 38.3 Å². The van der Waals surface area contributed by atoms with Gasteiger partial charge >= 0.3 is 0 Å². The summed E-state index contributed by atoms with van der Waals surface area (Å²) < 4.78 is 25.0. The lowest BCUT2D eigenvalue weighted by Crippen LogP contribution is -2.12. The Balaban J connectivity index is 2.23. The Labute approximate surface area is 136 Å². The molecule has 1 heterocycles. The van der Waals surface area contributed by atoms with Crippen LogP contribution in [0.3, 0.4) is 0 Å². The van der Waals surface area contributed by atoms with Crippen LogP contribution in [-0.2, 0) is 21.1 Å². The van der Waals surface area contributed by atoms with Crippen LogP contribution in [0.4, 0.5) is 5.82 Å². The minimum Gasteiger partial charge on any atom is -0.361 e. The number of aryl methyl sites for hydroxylation is 1. The molecule has 0 atom stereocenters. The van der Waals surface area contributed by atoms with Crippen molar-refractivity contribution in [2.45, 2.75) is 29.7 Å². The zero-order valence-electron chi connectivity index (χ0n) is 13.4. The third kappa shape index (κ3) is 4.13. The summed E-state index contributed by atoms with van der Waals surface area (Å²) in [6, 6.07) is 6.51. The molecule has 0 aliphatic carbocycles. The summed E-state index contributed by atoms with van der Waals surface area (Å²) in [5, 5.41) is -0.0837. The van der Waals surface area contributed by atoms with E-state index in [0.29, 0.717) is 18.7 Å². The minimum atomic E-state index is -3.69. The van der Waals surface area contributed by atoms with Gasteiger partial charge in [0.1, 0.15) is 11.6 Å². The van der Waals surface area contributed by atoms with Crippen molar-refractivity contribution >= 4 is 21.4 Å². The largest absolute Gasteiger partial charge is 0.361 e. The number of aromatic nitrogens is 2. The van der Waals surface area contributed by atoms with Gasteiger partial charge in [0, 0.05) is 20.5 Å². The van der Waals surface area contributed by atoms with E-state index in [1.54, 1.807) is 31.1 Å². The second-order valence-corrected chi connectivity index (χ2v) is 7.35. The Kier molecular flexibility index (Phi) is 5.10. The maximum absolute atomic E-state index is 12.5. The van der Waals surface area contributed by atoms with E-state index in [-0.39, 0.29) is 15.7 Å². The van der Waals surface area contributed by atoms with Gasteiger partial charge in [0.15, 0.2) is 5.03 Å². The van der Waals surface area contributed by atoms with Crippen molar-refractivity contribution in [2.24, 2.45) is 0 Å². The fourth-order valence-corrected chi connectivity index (χ4v) is 3.07. The number of benzene rings is 1. The monoisotopic (exact) mass is 333 g/mol. The highest BCUT2D eigenvalue weighted by Gasteiger charge is 2.19. The Morgan fingerprint density at radius 1 is 1.09 bits per heavy atom. The zero-order chi connectivity index (χ0) is 17.0. The molecule has 0 aliphatic rings. The van der Waals surface area contributed by atoms with Gasteiger partial charge in [-0.3, -0.25) is 0 Å². The van der Waals surface area contributed by atoms with Crippen LogP contribution < -0.4 is 4.90 Å². The van der Waals surface area contributed by atoms with Gasteiger partial charge in [-0.05, 0) is 31.0 Å². The van der Waals surface area contributed by atoms with Crippen LogP contribution in [0.15, 0.2) is 46.6 Å². The summed E-state index contributed by atoms with van der Waals surface area (Å²) >= 11 is 0. The van der Waals surface area contributed by atoms with Gasteiger partial charge in [-0.1, -0.05) is 12.1 Å². The smallest absolute Gasteiger partial charge is 0.225 e. The third-order valence-corrected chi connectivity index (χ3v) is 5.00. The molecule has 0 aliphatic heterocycles. The van der Waals surface area contributed by atoms with Crippen molar-refractivity contribution in [3.63, 3.8) is 0 Å². The molecule has 0 N–H and O–H groups in total. The molecule has 0 unspecified atom stereocenters. The normalized spacial score (nSPS) is 11.3. The molecule has 0 radical (unpaired) electrons. The van der Waals surface area contributed by atoms with Crippen molar-refractivity contribution in [1.29, 1.82) is 0 Å². The summed E-state index contributed by atoms with van der Waals surface area (Å²) in [4.78, 5) is 21.0. The number of hydrogen-bond donors (Lipinski definition) is 0. The molecule has 0 amide bonds. The quantitative estimate of drug-likeness (QED) is 0.803. The molecule has 0 bridgehead atoms. The SMILES string of the molecule is CC(=O)CCc1ccc(S(=O)(=O)c2cnc(N(C)C)cn2)cc1.